The Hall–Kier alpha value is -5.34. The molecule has 0 saturated carbocycles. The number of anilines is 1. The molecule has 0 spiro atoms. The molecule has 2 aromatic carbocycles. The number of fused-ring (bicyclic) bond motifs is 2. The Bertz CT molecular complexity index is 2020. The zero-order chi connectivity index (χ0) is 27.8. The van der Waals surface area contributed by atoms with E-state index in [0.29, 0.717) is 39.3 Å². The van der Waals surface area contributed by atoms with Crippen LogP contribution >= 0.6 is 11.3 Å². The van der Waals surface area contributed by atoms with E-state index in [1.807, 2.05) is 37.3 Å². The molecule has 0 unspecified atom stereocenters. The number of aromatic nitrogens is 6. The van der Waals surface area contributed by atoms with E-state index in [1.165, 1.54) is 20.4 Å². The number of rotatable bonds is 4. The number of imidazole rings is 1. The third-order valence-electron chi connectivity index (χ3n) is 6.28. The Morgan fingerprint density at radius 1 is 1.05 bits per heavy atom. The molecule has 11 heteroatoms. The summed E-state index contributed by atoms with van der Waals surface area (Å²) in [5.41, 5.74) is 10.4. The average Bonchev–Trinajstić information content (AvgIpc) is 3.58. The van der Waals surface area contributed by atoms with Gasteiger partial charge in [0.25, 0.3) is 11.5 Å². The normalized spacial score (nSPS) is 11.8. The van der Waals surface area contributed by atoms with E-state index >= 15 is 0 Å². The summed E-state index contributed by atoms with van der Waals surface area (Å²) in [6.07, 6.45) is 1.68. The number of carbonyl (C=O) groups is 1. The van der Waals surface area contributed by atoms with Crippen LogP contribution in [-0.4, -0.2) is 35.0 Å². The van der Waals surface area contributed by atoms with Gasteiger partial charge in [-0.1, -0.05) is 30.2 Å². The van der Waals surface area contributed by atoms with Crippen LogP contribution in [0.1, 0.15) is 45.4 Å². The number of thiazole rings is 1. The zero-order valence-electron chi connectivity index (χ0n) is 21.5. The van der Waals surface area contributed by atoms with Crippen LogP contribution in [0.5, 0.6) is 0 Å². The lowest BCUT2D eigenvalue weighted by Gasteiger charge is -2.20. The molecule has 4 heterocycles. The van der Waals surface area contributed by atoms with E-state index in [-0.39, 0.29) is 17.1 Å². The van der Waals surface area contributed by atoms with Crippen LogP contribution in [0.25, 0.3) is 22.2 Å². The number of hydrogen-bond donors (Lipinski definition) is 2. The molecule has 6 rings (SSSR count). The average molecular weight is 547 g/mol. The van der Waals surface area contributed by atoms with Crippen molar-refractivity contribution < 1.29 is 4.79 Å². The van der Waals surface area contributed by atoms with Gasteiger partial charge in [-0.25, -0.2) is 14.5 Å². The van der Waals surface area contributed by atoms with Crippen LogP contribution in [0.15, 0.2) is 77.2 Å². The topological polar surface area (TPSA) is 133 Å². The standard InChI is InChI=1S/C29H22N8O2S/c1-17-11-14-23-34-26(30)25(37(23)35-17)28(38)32-18(2)27-33-22-10-6-7-19(12-13-21-15-31-16-40-21)24(22)29(39)36(27)20-8-4-3-5-9-20/h3-11,14-16,18H,30H2,1-2H3,(H,32,38)/t18-/m0/s1. The van der Waals surface area contributed by atoms with Gasteiger partial charge in [0.15, 0.2) is 17.2 Å². The number of para-hydroxylation sites is 1. The summed E-state index contributed by atoms with van der Waals surface area (Å²) in [5.74, 6) is 6.08. The Labute approximate surface area is 232 Å². The number of amides is 1. The third kappa shape index (κ3) is 4.46. The van der Waals surface area contributed by atoms with Crippen LogP contribution in [-0.2, 0) is 0 Å². The Balaban J connectivity index is 1.48. The van der Waals surface area contributed by atoms with Gasteiger partial charge in [0, 0.05) is 5.56 Å². The minimum atomic E-state index is -0.688. The van der Waals surface area contributed by atoms with Crippen molar-refractivity contribution in [2.45, 2.75) is 19.9 Å². The molecule has 1 amide bonds. The number of nitrogen functional groups attached to an aromatic ring is 1. The summed E-state index contributed by atoms with van der Waals surface area (Å²) in [6, 6.07) is 17.4. The van der Waals surface area contributed by atoms with Crippen LogP contribution in [0, 0.1) is 18.8 Å². The Morgan fingerprint density at radius 2 is 1.88 bits per heavy atom. The van der Waals surface area contributed by atoms with E-state index in [4.69, 9.17) is 10.7 Å². The summed E-state index contributed by atoms with van der Waals surface area (Å²) in [7, 11) is 0. The van der Waals surface area contributed by atoms with E-state index in [2.05, 4.69) is 32.2 Å². The summed E-state index contributed by atoms with van der Waals surface area (Å²) < 4.78 is 2.92. The van der Waals surface area contributed by atoms with Crippen LogP contribution in [0.3, 0.4) is 0 Å². The second kappa shape index (κ2) is 10.1. The zero-order valence-corrected chi connectivity index (χ0v) is 22.3. The predicted octanol–water partition coefficient (Wildman–Crippen LogP) is 3.67. The lowest BCUT2D eigenvalue weighted by Crippen LogP contribution is -2.34. The van der Waals surface area contributed by atoms with Crippen molar-refractivity contribution in [2.24, 2.45) is 0 Å². The number of nitrogens with two attached hydrogens (primary N) is 1. The monoisotopic (exact) mass is 546 g/mol. The highest BCUT2D eigenvalue weighted by Gasteiger charge is 2.24. The van der Waals surface area contributed by atoms with Gasteiger partial charge < -0.3 is 11.1 Å². The highest BCUT2D eigenvalue weighted by molar-refractivity contribution is 7.10. The quantitative estimate of drug-likeness (QED) is 0.322. The SMILES string of the molecule is Cc1ccc2nc(N)c(C(=O)N[C@@H](C)c3nc4cccc(C#Cc5cncs5)c4c(=O)n3-c3ccccc3)n2n1. The van der Waals surface area contributed by atoms with Gasteiger partial charge in [0.1, 0.15) is 5.82 Å². The van der Waals surface area contributed by atoms with Gasteiger partial charge >= 0.3 is 0 Å². The van der Waals surface area contributed by atoms with Crippen molar-refractivity contribution in [3.8, 4) is 17.5 Å². The fraction of sp³-hybridized carbons (Fsp3) is 0.103. The molecule has 40 heavy (non-hydrogen) atoms. The molecule has 1 atom stereocenters. The van der Waals surface area contributed by atoms with Gasteiger partial charge in [-0.2, -0.15) is 5.10 Å². The number of nitrogens with one attached hydrogen (secondary N) is 1. The molecule has 0 bridgehead atoms. The van der Waals surface area contributed by atoms with Crippen LogP contribution < -0.4 is 16.6 Å². The molecule has 196 valence electrons. The molecule has 4 aromatic heterocycles. The Morgan fingerprint density at radius 3 is 2.65 bits per heavy atom. The van der Waals surface area contributed by atoms with Crippen molar-refractivity contribution in [1.29, 1.82) is 0 Å². The molecule has 0 aliphatic heterocycles. The van der Waals surface area contributed by atoms with Crippen molar-refractivity contribution in [3.63, 3.8) is 0 Å². The van der Waals surface area contributed by atoms with Crippen LogP contribution in [0.2, 0.25) is 0 Å². The van der Waals surface area contributed by atoms with Gasteiger partial charge in [0.05, 0.1) is 44.9 Å². The molecular formula is C29H22N8O2S. The van der Waals surface area contributed by atoms with E-state index < -0.39 is 11.9 Å². The van der Waals surface area contributed by atoms with Crippen molar-refractivity contribution >= 4 is 39.6 Å². The number of hydrogen-bond acceptors (Lipinski definition) is 8. The first-order valence-corrected chi connectivity index (χ1v) is 13.2. The summed E-state index contributed by atoms with van der Waals surface area (Å²) in [6.45, 7) is 3.57. The molecule has 10 nitrogen and oxygen atoms in total. The molecule has 0 aliphatic carbocycles. The maximum Gasteiger partial charge on any atom is 0.274 e. The lowest BCUT2D eigenvalue weighted by atomic mass is 10.1. The number of carbonyl (C=O) groups excluding carboxylic acids is 1. The minimum absolute atomic E-state index is 0.0545. The van der Waals surface area contributed by atoms with Crippen molar-refractivity contribution in [1.82, 2.24) is 34.4 Å². The minimum Gasteiger partial charge on any atom is -0.382 e. The summed E-state index contributed by atoms with van der Waals surface area (Å²) in [4.78, 5) is 41.5. The predicted molar refractivity (Wildman–Crippen MR) is 153 cm³/mol. The first kappa shape index (κ1) is 25.0. The first-order chi connectivity index (χ1) is 19.4. The molecule has 0 aliphatic rings. The second-order valence-electron chi connectivity index (χ2n) is 9.05. The molecule has 6 aromatic rings. The number of aryl methyl sites for hydroxylation is 1. The first-order valence-electron chi connectivity index (χ1n) is 12.3. The van der Waals surface area contributed by atoms with Crippen molar-refractivity contribution in [3.05, 3.63) is 110 Å². The van der Waals surface area contributed by atoms with Gasteiger partial charge in [-0.15, -0.1) is 11.3 Å². The second-order valence-corrected chi connectivity index (χ2v) is 9.93. The Kier molecular flexibility index (Phi) is 6.30. The highest BCUT2D eigenvalue weighted by atomic mass is 32.1. The molecule has 0 fully saturated rings. The fourth-order valence-electron chi connectivity index (χ4n) is 4.46. The smallest absolute Gasteiger partial charge is 0.274 e. The third-order valence-corrected chi connectivity index (χ3v) is 6.97. The highest BCUT2D eigenvalue weighted by Crippen LogP contribution is 2.22. The summed E-state index contributed by atoms with van der Waals surface area (Å²) >= 11 is 1.42. The largest absolute Gasteiger partial charge is 0.382 e. The van der Waals surface area contributed by atoms with Crippen molar-refractivity contribution in [2.75, 3.05) is 5.73 Å². The van der Waals surface area contributed by atoms with Gasteiger partial charge in [0.2, 0.25) is 0 Å². The number of benzene rings is 2. The molecular weight excluding hydrogens is 524 g/mol. The van der Waals surface area contributed by atoms with E-state index in [1.54, 1.807) is 49.0 Å². The maximum atomic E-state index is 14.1. The van der Waals surface area contributed by atoms with E-state index in [0.717, 1.165) is 4.88 Å². The van der Waals surface area contributed by atoms with Crippen LogP contribution in [0.4, 0.5) is 5.82 Å². The molecule has 0 radical (unpaired) electrons. The fourth-order valence-corrected chi connectivity index (χ4v) is 4.93. The van der Waals surface area contributed by atoms with Gasteiger partial charge in [-0.05, 0) is 56.2 Å². The van der Waals surface area contributed by atoms with Gasteiger partial charge in [-0.3, -0.25) is 19.1 Å². The summed E-state index contributed by atoms with van der Waals surface area (Å²) in [5, 5.41) is 7.71. The maximum absolute atomic E-state index is 14.1. The number of nitrogens with zero attached hydrogens (tertiary/aromatic N) is 6. The molecule has 0 saturated heterocycles. The van der Waals surface area contributed by atoms with E-state index in [9.17, 15) is 9.59 Å². The lowest BCUT2D eigenvalue weighted by molar-refractivity contribution is 0.0931. The molecule has 3 N–H and O–H groups in total.